The zero-order chi connectivity index (χ0) is 16.4. The van der Waals surface area contributed by atoms with Crippen LogP contribution in [0.4, 0.5) is 0 Å². The minimum atomic E-state index is -0.536. The third kappa shape index (κ3) is 2.88. The van der Waals surface area contributed by atoms with Crippen LogP contribution in [-0.2, 0) is 9.47 Å². The normalized spacial score (nSPS) is 22.8. The van der Waals surface area contributed by atoms with Crippen LogP contribution in [0, 0.1) is 0 Å². The van der Waals surface area contributed by atoms with E-state index in [9.17, 15) is 9.59 Å². The first-order valence-electron chi connectivity index (χ1n) is 7.77. The molecule has 2 fully saturated rings. The molecule has 0 aliphatic carbocycles. The smallest absolute Gasteiger partial charge is 0.343 e. The Balaban J connectivity index is 1.89. The number of hydrogen-bond donors (Lipinski definition) is 0. The van der Waals surface area contributed by atoms with Gasteiger partial charge in [-0.25, -0.2) is 9.78 Å². The van der Waals surface area contributed by atoms with Gasteiger partial charge >= 0.3 is 5.97 Å². The van der Waals surface area contributed by atoms with Crippen LogP contribution in [0.2, 0.25) is 0 Å². The Morgan fingerprint density at radius 3 is 2.65 bits per heavy atom. The number of fused-ring (bicyclic) bond motifs is 2. The monoisotopic (exact) mass is 320 g/mol. The van der Waals surface area contributed by atoms with Crippen molar-refractivity contribution in [3.8, 4) is 5.75 Å². The zero-order valence-corrected chi connectivity index (χ0v) is 13.3. The Morgan fingerprint density at radius 1 is 1.35 bits per heavy atom. The van der Waals surface area contributed by atoms with Crippen molar-refractivity contribution < 1.29 is 23.8 Å². The fourth-order valence-electron chi connectivity index (χ4n) is 3.18. The van der Waals surface area contributed by atoms with E-state index in [1.165, 1.54) is 19.4 Å². The second-order valence-corrected chi connectivity index (χ2v) is 5.63. The lowest BCUT2D eigenvalue weighted by Gasteiger charge is -2.34. The molecule has 1 aromatic rings. The SMILES string of the molecule is CCOc1cc(C(=O)N2C3CCC2COC3)ncc1C(=O)OC. The van der Waals surface area contributed by atoms with E-state index in [4.69, 9.17) is 14.2 Å². The summed E-state index contributed by atoms with van der Waals surface area (Å²) in [5, 5.41) is 0. The van der Waals surface area contributed by atoms with Crippen molar-refractivity contribution >= 4 is 11.9 Å². The van der Waals surface area contributed by atoms with Gasteiger partial charge in [0.05, 0.1) is 39.0 Å². The number of ether oxygens (including phenoxy) is 3. The molecule has 2 bridgehead atoms. The van der Waals surface area contributed by atoms with Gasteiger partial charge in [0.25, 0.3) is 5.91 Å². The number of amides is 1. The lowest BCUT2D eigenvalue weighted by molar-refractivity contribution is -0.00749. The third-order valence-corrected chi connectivity index (χ3v) is 4.27. The maximum absolute atomic E-state index is 12.8. The Morgan fingerprint density at radius 2 is 2.04 bits per heavy atom. The summed E-state index contributed by atoms with van der Waals surface area (Å²) in [6.07, 6.45) is 3.25. The molecule has 0 aromatic carbocycles. The molecule has 7 heteroatoms. The van der Waals surface area contributed by atoms with Crippen molar-refractivity contribution in [1.29, 1.82) is 0 Å². The van der Waals surface area contributed by atoms with Crippen LogP contribution in [-0.4, -0.2) is 60.8 Å². The van der Waals surface area contributed by atoms with Gasteiger partial charge in [-0.15, -0.1) is 0 Å². The molecule has 7 nitrogen and oxygen atoms in total. The van der Waals surface area contributed by atoms with Crippen LogP contribution in [0.3, 0.4) is 0 Å². The van der Waals surface area contributed by atoms with Crippen LogP contribution in [0.25, 0.3) is 0 Å². The van der Waals surface area contributed by atoms with Crippen LogP contribution in [0.15, 0.2) is 12.3 Å². The molecule has 23 heavy (non-hydrogen) atoms. The highest BCUT2D eigenvalue weighted by Gasteiger charge is 2.41. The van der Waals surface area contributed by atoms with Crippen molar-refractivity contribution in [3.63, 3.8) is 0 Å². The number of esters is 1. The Bertz CT molecular complexity index is 602. The molecule has 0 spiro atoms. The Hall–Kier alpha value is -2.15. The number of carbonyl (C=O) groups excluding carboxylic acids is 2. The lowest BCUT2D eigenvalue weighted by atomic mass is 10.2. The molecule has 0 radical (unpaired) electrons. The van der Waals surface area contributed by atoms with Gasteiger partial charge in [0.15, 0.2) is 0 Å². The molecule has 3 heterocycles. The van der Waals surface area contributed by atoms with E-state index in [2.05, 4.69) is 4.98 Å². The quantitative estimate of drug-likeness (QED) is 0.778. The van der Waals surface area contributed by atoms with Gasteiger partial charge in [-0.2, -0.15) is 0 Å². The molecule has 0 N–H and O–H groups in total. The predicted octanol–water partition coefficient (Wildman–Crippen LogP) is 1.27. The number of morpholine rings is 1. The van der Waals surface area contributed by atoms with E-state index in [0.29, 0.717) is 25.6 Å². The first kappa shape index (κ1) is 15.7. The summed E-state index contributed by atoms with van der Waals surface area (Å²) >= 11 is 0. The number of carbonyl (C=O) groups is 2. The first-order valence-corrected chi connectivity index (χ1v) is 7.77. The molecule has 2 aliphatic heterocycles. The molecular weight excluding hydrogens is 300 g/mol. The number of aromatic nitrogens is 1. The Kier molecular flexibility index (Phi) is 4.47. The van der Waals surface area contributed by atoms with E-state index in [-0.39, 0.29) is 29.2 Å². The summed E-state index contributed by atoms with van der Waals surface area (Å²) in [5.41, 5.74) is 0.496. The maximum Gasteiger partial charge on any atom is 0.343 e. The van der Waals surface area contributed by atoms with E-state index < -0.39 is 5.97 Å². The molecule has 1 amide bonds. The summed E-state index contributed by atoms with van der Waals surface area (Å²) in [6.45, 7) is 3.33. The van der Waals surface area contributed by atoms with Crippen molar-refractivity contribution in [3.05, 3.63) is 23.5 Å². The van der Waals surface area contributed by atoms with E-state index >= 15 is 0 Å². The van der Waals surface area contributed by atoms with E-state index in [1.807, 2.05) is 11.8 Å². The van der Waals surface area contributed by atoms with Gasteiger partial charge in [-0.05, 0) is 19.8 Å². The first-order chi connectivity index (χ1) is 11.2. The van der Waals surface area contributed by atoms with Crippen molar-refractivity contribution in [2.45, 2.75) is 31.8 Å². The van der Waals surface area contributed by atoms with Crippen molar-refractivity contribution in [2.75, 3.05) is 26.9 Å². The molecule has 0 saturated carbocycles. The van der Waals surface area contributed by atoms with Crippen molar-refractivity contribution in [1.82, 2.24) is 9.88 Å². The highest BCUT2D eigenvalue weighted by atomic mass is 16.5. The van der Waals surface area contributed by atoms with Crippen molar-refractivity contribution in [2.24, 2.45) is 0 Å². The maximum atomic E-state index is 12.8. The highest BCUT2D eigenvalue weighted by molar-refractivity contribution is 5.96. The molecule has 124 valence electrons. The lowest BCUT2D eigenvalue weighted by Crippen LogP contribution is -2.49. The van der Waals surface area contributed by atoms with Gasteiger partial charge in [0.1, 0.15) is 17.0 Å². The van der Waals surface area contributed by atoms with Gasteiger partial charge in [-0.1, -0.05) is 0 Å². The number of methoxy groups -OCH3 is 1. The summed E-state index contributed by atoms with van der Waals surface area (Å²) in [6, 6.07) is 1.74. The van der Waals surface area contributed by atoms with Crippen LogP contribution in [0.1, 0.15) is 40.6 Å². The third-order valence-electron chi connectivity index (χ3n) is 4.27. The van der Waals surface area contributed by atoms with Gasteiger partial charge in [0.2, 0.25) is 0 Å². The fraction of sp³-hybridized carbons (Fsp3) is 0.562. The largest absolute Gasteiger partial charge is 0.493 e. The molecule has 2 aliphatic rings. The fourth-order valence-corrected chi connectivity index (χ4v) is 3.18. The summed E-state index contributed by atoms with van der Waals surface area (Å²) < 4.78 is 15.7. The molecule has 2 atom stereocenters. The number of rotatable bonds is 4. The molecule has 1 aromatic heterocycles. The minimum Gasteiger partial charge on any atom is -0.493 e. The van der Waals surface area contributed by atoms with Crippen LogP contribution >= 0.6 is 0 Å². The Labute approximate surface area is 134 Å². The second kappa shape index (κ2) is 6.54. The highest BCUT2D eigenvalue weighted by Crippen LogP contribution is 2.31. The molecule has 3 rings (SSSR count). The number of nitrogens with zero attached hydrogens (tertiary/aromatic N) is 2. The minimum absolute atomic E-state index is 0.110. The van der Waals surface area contributed by atoms with E-state index in [1.54, 1.807) is 0 Å². The molecule has 2 unspecified atom stereocenters. The average Bonchev–Trinajstić information content (AvgIpc) is 2.82. The standard InChI is InChI=1S/C16H20N2O5/c1-3-23-14-6-13(17-7-12(14)16(20)21-2)15(19)18-10-4-5-11(18)9-22-8-10/h6-7,10-11H,3-5,8-9H2,1-2H3. The summed E-state index contributed by atoms with van der Waals surface area (Å²) in [4.78, 5) is 30.6. The summed E-state index contributed by atoms with van der Waals surface area (Å²) in [7, 11) is 1.29. The van der Waals surface area contributed by atoms with Gasteiger partial charge in [0, 0.05) is 12.3 Å². The molecular formula is C16H20N2O5. The van der Waals surface area contributed by atoms with Gasteiger partial charge in [-0.3, -0.25) is 4.79 Å². The number of pyridine rings is 1. The average molecular weight is 320 g/mol. The molecule has 2 saturated heterocycles. The second-order valence-electron chi connectivity index (χ2n) is 5.63. The predicted molar refractivity (Wildman–Crippen MR) is 80.5 cm³/mol. The number of hydrogen-bond acceptors (Lipinski definition) is 6. The van der Waals surface area contributed by atoms with Gasteiger partial charge < -0.3 is 19.1 Å². The van der Waals surface area contributed by atoms with Crippen LogP contribution < -0.4 is 4.74 Å². The van der Waals surface area contributed by atoms with E-state index in [0.717, 1.165) is 12.8 Å². The summed E-state index contributed by atoms with van der Waals surface area (Å²) in [5.74, 6) is -0.358. The van der Waals surface area contributed by atoms with Crippen LogP contribution in [0.5, 0.6) is 5.75 Å². The topological polar surface area (TPSA) is 78.0 Å². The zero-order valence-electron chi connectivity index (χ0n) is 13.3.